The van der Waals surface area contributed by atoms with Gasteiger partial charge >= 0.3 is 0 Å². The molecular weight excluding hydrogens is 228 g/mol. The lowest BCUT2D eigenvalue weighted by atomic mass is 10.2. The van der Waals surface area contributed by atoms with Gasteiger partial charge in [0, 0.05) is 30.7 Å². The molecule has 0 unspecified atom stereocenters. The fourth-order valence-corrected chi connectivity index (χ4v) is 1.75. The number of aromatic hydroxyl groups is 1. The first-order valence-electron chi connectivity index (χ1n) is 5.73. The van der Waals surface area contributed by atoms with Crippen LogP contribution in [-0.2, 0) is 0 Å². The number of carbonyl (C=O) groups excluding carboxylic acids is 1. The fraction of sp³-hybridized carbons (Fsp3) is 0.143. The van der Waals surface area contributed by atoms with Gasteiger partial charge in [-0.1, -0.05) is 6.07 Å². The van der Waals surface area contributed by atoms with Gasteiger partial charge in [-0.05, 0) is 31.2 Å². The van der Waals surface area contributed by atoms with Gasteiger partial charge in [0.15, 0.2) is 0 Å². The summed E-state index contributed by atoms with van der Waals surface area (Å²) in [6, 6.07) is 10.1. The lowest BCUT2D eigenvalue weighted by Crippen LogP contribution is -2.30. The average molecular weight is 242 g/mol. The van der Waals surface area contributed by atoms with E-state index in [4.69, 9.17) is 0 Å². The van der Waals surface area contributed by atoms with E-state index in [2.05, 4.69) is 4.98 Å². The summed E-state index contributed by atoms with van der Waals surface area (Å²) < 4.78 is 0. The van der Waals surface area contributed by atoms with Crippen LogP contribution >= 0.6 is 0 Å². The molecule has 18 heavy (non-hydrogen) atoms. The molecule has 0 radical (unpaired) electrons. The second kappa shape index (κ2) is 5.31. The van der Waals surface area contributed by atoms with Crippen LogP contribution in [0.15, 0.2) is 48.8 Å². The monoisotopic (exact) mass is 242 g/mol. The van der Waals surface area contributed by atoms with Crippen molar-refractivity contribution in [3.63, 3.8) is 0 Å². The van der Waals surface area contributed by atoms with Crippen LogP contribution in [0, 0.1) is 0 Å². The first-order valence-corrected chi connectivity index (χ1v) is 5.73. The molecule has 0 atom stereocenters. The summed E-state index contributed by atoms with van der Waals surface area (Å²) in [6.45, 7) is 2.41. The highest BCUT2D eigenvalue weighted by Gasteiger charge is 2.16. The molecular formula is C14H14N2O2. The van der Waals surface area contributed by atoms with E-state index in [9.17, 15) is 9.90 Å². The van der Waals surface area contributed by atoms with Crippen molar-refractivity contribution in [1.82, 2.24) is 4.98 Å². The van der Waals surface area contributed by atoms with Gasteiger partial charge in [0.25, 0.3) is 5.91 Å². The molecule has 1 heterocycles. The smallest absolute Gasteiger partial charge is 0.259 e. The van der Waals surface area contributed by atoms with Crippen molar-refractivity contribution in [1.29, 1.82) is 0 Å². The lowest BCUT2D eigenvalue weighted by molar-refractivity contribution is 0.0988. The molecule has 2 aromatic rings. The van der Waals surface area contributed by atoms with E-state index in [1.165, 1.54) is 6.20 Å². The van der Waals surface area contributed by atoms with Gasteiger partial charge in [-0.15, -0.1) is 0 Å². The summed E-state index contributed by atoms with van der Waals surface area (Å²) >= 11 is 0. The molecule has 0 spiro atoms. The van der Waals surface area contributed by atoms with Crippen LogP contribution in [0.1, 0.15) is 17.3 Å². The first-order chi connectivity index (χ1) is 8.72. The largest absolute Gasteiger partial charge is 0.508 e. The number of phenolic OH excluding ortho intramolecular Hbond substituents is 1. The SMILES string of the molecule is CCN(C(=O)c1cccnc1)c1cccc(O)c1. The van der Waals surface area contributed by atoms with Crippen molar-refractivity contribution in [2.24, 2.45) is 0 Å². The first kappa shape index (κ1) is 12.1. The number of benzene rings is 1. The zero-order valence-electron chi connectivity index (χ0n) is 10.1. The van der Waals surface area contributed by atoms with Crippen LogP contribution in [0.3, 0.4) is 0 Å². The fourth-order valence-electron chi connectivity index (χ4n) is 1.75. The van der Waals surface area contributed by atoms with E-state index in [-0.39, 0.29) is 11.7 Å². The zero-order valence-corrected chi connectivity index (χ0v) is 10.1. The highest BCUT2D eigenvalue weighted by Crippen LogP contribution is 2.21. The zero-order chi connectivity index (χ0) is 13.0. The van der Waals surface area contributed by atoms with Gasteiger partial charge in [0.1, 0.15) is 5.75 Å². The van der Waals surface area contributed by atoms with Crippen molar-refractivity contribution in [2.75, 3.05) is 11.4 Å². The van der Waals surface area contributed by atoms with Gasteiger partial charge in [-0.25, -0.2) is 0 Å². The van der Waals surface area contributed by atoms with Crippen molar-refractivity contribution < 1.29 is 9.90 Å². The Morgan fingerprint density at radius 2 is 2.17 bits per heavy atom. The van der Waals surface area contributed by atoms with E-state index < -0.39 is 0 Å². The van der Waals surface area contributed by atoms with Crippen molar-refractivity contribution in [2.45, 2.75) is 6.92 Å². The average Bonchev–Trinajstić information content (AvgIpc) is 2.40. The number of pyridine rings is 1. The molecule has 4 heteroatoms. The standard InChI is InChI=1S/C14H14N2O2/c1-2-16(12-6-3-7-13(17)9-12)14(18)11-5-4-8-15-10-11/h3-10,17H,2H2,1H3. The summed E-state index contributed by atoms with van der Waals surface area (Å²) in [6.07, 6.45) is 3.16. The minimum absolute atomic E-state index is 0.129. The van der Waals surface area contributed by atoms with Crippen molar-refractivity contribution in [3.8, 4) is 5.75 Å². The maximum atomic E-state index is 12.3. The third kappa shape index (κ3) is 2.48. The molecule has 0 bridgehead atoms. The Labute approximate surface area is 106 Å². The second-order valence-electron chi connectivity index (χ2n) is 3.81. The summed E-state index contributed by atoms with van der Waals surface area (Å²) in [5.74, 6) is 0.0149. The number of aromatic nitrogens is 1. The molecule has 2 rings (SSSR count). The summed E-state index contributed by atoms with van der Waals surface area (Å²) in [5, 5.41) is 9.46. The van der Waals surface area contributed by atoms with Gasteiger partial charge in [-0.3, -0.25) is 9.78 Å². The molecule has 1 aromatic heterocycles. The maximum absolute atomic E-state index is 12.3. The van der Waals surface area contributed by atoms with Gasteiger partial charge in [0.05, 0.1) is 5.56 Å². The van der Waals surface area contributed by atoms with Crippen LogP contribution in [-0.4, -0.2) is 22.5 Å². The molecule has 0 aliphatic carbocycles. The Kier molecular flexibility index (Phi) is 3.57. The van der Waals surface area contributed by atoms with E-state index in [0.29, 0.717) is 17.8 Å². The van der Waals surface area contributed by atoms with Crippen LogP contribution in [0.2, 0.25) is 0 Å². The quantitative estimate of drug-likeness (QED) is 0.899. The van der Waals surface area contributed by atoms with Gasteiger partial charge < -0.3 is 10.0 Å². The Balaban J connectivity index is 2.32. The molecule has 0 saturated carbocycles. The minimum Gasteiger partial charge on any atom is -0.508 e. The number of phenols is 1. The molecule has 0 saturated heterocycles. The second-order valence-corrected chi connectivity index (χ2v) is 3.81. The van der Waals surface area contributed by atoms with Crippen molar-refractivity contribution >= 4 is 11.6 Å². The van der Waals surface area contributed by atoms with Gasteiger partial charge in [0.2, 0.25) is 0 Å². The topological polar surface area (TPSA) is 53.4 Å². The predicted octanol–water partition coefficient (Wildman–Crippen LogP) is 2.45. The lowest BCUT2D eigenvalue weighted by Gasteiger charge is -2.21. The molecule has 0 fully saturated rings. The highest BCUT2D eigenvalue weighted by molar-refractivity contribution is 6.05. The number of nitrogens with zero attached hydrogens (tertiary/aromatic N) is 2. The van der Waals surface area contributed by atoms with E-state index in [0.717, 1.165) is 0 Å². The number of anilines is 1. The molecule has 92 valence electrons. The normalized spacial score (nSPS) is 10.1. The van der Waals surface area contributed by atoms with Gasteiger partial charge in [-0.2, -0.15) is 0 Å². The maximum Gasteiger partial charge on any atom is 0.259 e. The molecule has 1 N–H and O–H groups in total. The third-order valence-electron chi connectivity index (χ3n) is 2.61. The molecule has 1 amide bonds. The van der Waals surface area contributed by atoms with Crippen LogP contribution in [0.25, 0.3) is 0 Å². The Bertz CT molecular complexity index is 541. The summed E-state index contributed by atoms with van der Waals surface area (Å²) in [4.78, 5) is 17.8. The summed E-state index contributed by atoms with van der Waals surface area (Å²) in [5.41, 5.74) is 1.20. The van der Waals surface area contributed by atoms with E-state index in [1.54, 1.807) is 47.5 Å². The van der Waals surface area contributed by atoms with Crippen LogP contribution in [0.4, 0.5) is 5.69 Å². The highest BCUT2D eigenvalue weighted by atomic mass is 16.3. The van der Waals surface area contributed by atoms with Crippen LogP contribution in [0.5, 0.6) is 5.75 Å². The Morgan fingerprint density at radius 1 is 1.33 bits per heavy atom. The van der Waals surface area contributed by atoms with E-state index >= 15 is 0 Å². The third-order valence-corrected chi connectivity index (χ3v) is 2.61. The summed E-state index contributed by atoms with van der Waals surface area (Å²) in [7, 11) is 0. The molecule has 1 aromatic carbocycles. The minimum atomic E-state index is -0.129. The number of rotatable bonds is 3. The van der Waals surface area contributed by atoms with Crippen molar-refractivity contribution in [3.05, 3.63) is 54.4 Å². The predicted molar refractivity (Wildman–Crippen MR) is 69.7 cm³/mol. The molecule has 0 aliphatic heterocycles. The Hall–Kier alpha value is -2.36. The Morgan fingerprint density at radius 3 is 2.78 bits per heavy atom. The number of carbonyl (C=O) groups is 1. The molecule has 4 nitrogen and oxygen atoms in total. The van der Waals surface area contributed by atoms with E-state index in [1.807, 2.05) is 6.92 Å². The number of amides is 1. The number of hydrogen-bond donors (Lipinski definition) is 1. The number of hydrogen-bond acceptors (Lipinski definition) is 3. The van der Waals surface area contributed by atoms with Crippen LogP contribution < -0.4 is 4.90 Å². The molecule has 0 aliphatic rings.